The minimum absolute atomic E-state index is 0.0618. The lowest BCUT2D eigenvalue weighted by atomic mass is 9.80. The molecule has 1 aromatic heterocycles. The Morgan fingerprint density at radius 3 is 2.57 bits per heavy atom. The number of aliphatic hydroxyl groups excluding tert-OH is 1. The average Bonchev–Trinajstić information content (AvgIpc) is 2.82. The molecule has 6 nitrogen and oxygen atoms in total. The lowest BCUT2D eigenvalue weighted by Crippen LogP contribution is -2.47. The Labute approximate surface area is 138 Å². The highest BCUT2D eigenvalue weighted by atomic mass is 16.7. The van der Waals surface area contributed by atoms with Crippen LogP contribution in [0.2, 0.25) is 0 Å². The second-order valence-electron chi connectivity index (χ2n) is 6.83. The van der Waals surface area contributed by atoms with Gasteiger partial charge in [0.15, 0.2) is 0 Å². The Bertz CT molecular complexity index is 518. The van der Waals surface area contributed by atoms with E-state index in [9.17, 15) is 0 Å². The van der Waals surface area contributed by atoms with Crippen molar-refractivity contribution in [3.05, 3.63) is 18.3 Å². The molecule has 0 amide bonds. The second-order valence-corrected chi connectivity index (χ2v) is 6.83. The third-order valence-electron chi connectivity index (χ3n) is 4.87. The monoisotopic (exact) mass is 319 g/mol. The molecule has 0 aromatic carbocycles. The van der Waals surface area contributed by atoms with Crippen LogP contribution in [0.4, 0.5) is 5.82 Å². The molecule has 0 bridgehead atoms. The van der Waals surface area contributed by atoms with Gasteiger partial charge in [0.05, 0.1) is 18.3 Å². The summed E-state index contributed by atoms with van der Waals surface area (Å²) in [5, 5.41) is 9.00. The van der Waals surface area contributed by atoms with Gasteiger partial charge in [0.1, 0.15) is 5.82 Å². The molecule has 2 aliphatic heterocycles. The predicted octanol–water partition coefficient (Wildman–Crippen LogP) is 0.105. The molecule has 3 heterocycles. The lowest BCUT2D eigenvalue weighted by Gasteiger charge is -2.35. The first-order valence-electron chi connectivity index (χ1n) is 8.37. The van der Waals surface area contributed by atoms with E-state index in [0.29, 0.717) is 0 Å². The number of anilines is 1. The van der Waals surface area contributed by atoms with Crippen LogP contribution in [0.15, 0.2) is 18.3 Å². The molecule has 2 fully saturated rings. The van der Waals surface area contributed by atoms with Gasteiger partial charge in [-0.15, -0.1) is 0 Å². The van der Waals surface area contributed by atoms with E-state index in [4.69, 9.17) is 14.4 Å². The van der Waals surface area contributed by atoms with Crippen LogP contribution in [0.5, 0.6) is 0 Å². The number of β-amino-alcohol motifs (C(OH)–C–C–N with tert-alkyl or cyclic N) is 1. The molecule has 1 aromatic rings. The van der Waals surface area contributed by atoms with Crippen molar-refractivity contribution in [1.82, 2.24) is 9.88 Å². The molecule has 2 saturated heterocycles. The van der Waals surface area contributed by atoms with E-state index in [-0.39, 0.29) is 25.4 Å². The smallest absolute Gasteiger partial charge is 0.402 e. The van der Waals surface area contributed by atoms with Gasteiger partial charge in [0.2, 0.25) is 0 Å². The van der Waals surface area contributed by atoms with Gasteiger partial charge in [-0.25, -0.2) is 4.98 Å². The van der Waals surface area contributed by atoms with E-state index in [1.54, 1.807) is 0 Å². The molecule has 7 heteroatoms. The van der Waals surface area contributed by atoms with Crippen molar-refractivity contribution in [2.75, 3.05) is 44.2 Å². The van der Waals surface area contributed by atoms with Gasteiger partial charge in [0, 0.05) is 44.4 Å². The predicted molar refractivity (Wildman–Crippen MR) is 91.1 cm³/mol. The fourth-order valence-electron chi connectivity index (χ4n) is 2.96. The number of rotatable bonds is 4. The van der Waals surface area contributed by atoms with E-state index in [0.717, 1.165) is 44.0 Å². The fraction of sp³-hybridized carbons (Fsp3) is 0.688. The van der Waals surface area contributed by atoms with Crippen LogP contribution >= 0.6 is 0 Å². The van der Waals surface area contributed by atoms with E-state index in [2.05, 4.69) is 14.8 Å². The van der Waals surface area contributed by atoms with Crippen LogP contribution in [0.1, 0.15) is 20.8 Å². The summed E-state index contributed by atoms with van der Waals surface area (Å²) in [4.78, 5) is 9.14. The van der Waals surface area contributed by atoms with Gasteiger partial charge in [-0.3, -0.25) is 4.90 Å². The lowest BCUT2D eigenvalue weighted by molar-refractivity contribution is 0.0842. The highest BCUT2D eigenvalue weighted by Gasteiger charge is 2.43. The zero-order valence-corrected chi connectivity index (χ0v) is 14.2. The first-order chi connectivity index (χ1) is 11.0. The Morgan fingerprint density at radius 1 is 1.30 bits per heavy atom. The first-order valence-corrected chi connectivity index (χ1v) is 8.37. The van der Waals surface area contributed by atoms with Gasteiger partial charge in [-0.05, 0) is 26.8 Å². The van der Waals surface area contributed by atoms with Crippen molar-refractivity contribution in [2.45, 2.75) is 32.5 Å². The Morgan fingerprint density at radius 2 is 2.04 bits per heavy atom. The third-order valence-corrected chi connectivity index (χ3v) is 4.87. The Balaban J connectivity index is 1.60. The molecule has 1 unspecified atom stereocenters. The zero-order valence-electron chi connectivity index (χ0n) is 14.2. The number of pyridine rings is 1. The topological polar surface area (TPSA) is 58.1 Å². The molecule has 3 rings (SSSR count). The van der Waals surface area contributed by atoms with E-state index < -0.39 is 0 Å². The summed E-state index contributed by atoms with van der Waals surface area (Å²) < 4.78 is 11.8. The second kappa shape index (κ2) is 6.77. The van der Waals surface area contributed by atoms with Crippen LogP contribution < -0.4 is 10.4 Å². The van der Waals surface area contributed by atoms with Gasteiger partial charge < -0.3 is 19.3 Å². The van der Waals surface area contributed by atoms with E-state index in [1.165, 1.54) is 0 Å². The summed E-state index contributed by atoms with van der Waals surface area (Å²) in [6.45, 7) is 10.9. The Hall–Kier alpha value is -1.15. The van der Waals surface area contributed by atoms with Gasteiger partial charge in [-0.2, -0.15) is 0 Å². The van der Waals surface area contributed by atoms with Crippen molar-refractivity contribution in [3.63, 3.8) is 0 Å². The molecule has 126 valence electrons. The molecule has 1 N–H and O–H groups in total. The van der Waals surface area contributed by atoms with E-state index >= 15 is 0 Å². The number of nitrogens with zero attached hydrogens (tertiary/aromatic N) is 3. The van der Waals surface area contributed by atoms with Crippen molar-refractivity contribution in [2.24, 2.45) is 0 Å². The summed E-state index contributed by atoms with van der Waals surface area (Å²) in [6.07, 6.45) is 1.92. The van der Waals surface area contributed by atoms with Crippen molar-refractivity contribution in [3.8, 4) is 0 Å². The number of piperazine rings is 1. The first kappa shape index (κ1) is 16.7. The number of hydrogen-bond donors (Lipinski definition) is 1. The van der Waals surface area contributed by atoms with Crippen LogP contribution in [-0.4, -0.2) is 73.1 Å². The largest absolute Gasteiger partial charge is 0.496 e. The molecule has 0 radical (unpaired) electrons. The van der Waals surface area contributed by atoms with Crippen molar-refractivity contribution >= 4 is 18.4 Å². The minimum atomic E-state index is -0.331. The van der Waals surface area contributed by atoms with Gasteiger partial charge in [-0.1, -0.05) is 6.07 Å². The molecule has 23 heavy (non-hydrogen) atoms. The molecule has 2 aliphatic rings. The number of aromatic nitrogens is 1. The summed E-state index contributed by atoms with van der Waals surface area (Å²) >= 11 is 0. The Kier molecular flexibility index (Phi) is 4.91. The molecule has 0 saturated carbocycles. The average molecular weight is 319 g/mol. The fourth-order valence-corrected chi connectivity index (χ4v) is 2.96. The van der Waals surface area contributed by atoms with E-state index in [1.807, 2.05) is 39.1 Å². The number of hydrogen-bond acceptors (Lipinski definition) is 6. The molecular formula is C16H26BN3O3. The normalized spacial score (nSPS) is 25.1. The molecule has 0 spiro atoms. The van der Waals surface area contributed by atoms with Gasteiger partial charge in [0.25, 0.3) is 0 Å². The van der Waals surface area contributed by atoms with Crippen LogP contribution in [0, 0.1) is 0 Å². The summed E-state index contributed by atoms with van der Waals surface area (Å²) in [5.74, 6) is 0.989. The molecule has 0 aliphatic carbocycles. The quantitative estimate of drug-likeness (QED) is 0.795. The van der Waals surface area contributed by atoms with Crippen LogP contribution in [-0.2, 0) is 9.31 Å². The molecular weight excluding hydrogens is 293 g/mol. The SMILES string of the molecule is CC1OB(c2ccc(N3CCN(CCO)CC3)nc2)OC1(C)C. The maximum Gasteiger partial charge on any atom is 0.496 e. The number of aliphatic hydroxyl groups is 1. The van der Waals surface area contributed by atoms with Crippen LogP contribution in [0.25, 0.3) is 0 Å². The third kappa shape index (κ3) is 3.69. The van der Waals surface area contributed by atoms with Crippen molar-refractivity contribution < 1.29 is 14.4 Å². The summed E-state index contributed by atoms with van der Waals surface area (Å²) in [6, 6.07) is 4.08. The minimum Gasteiger partial charge on any atom is -0.402 e. The highest BCUT2D eigenvalue weighted by molar-refractivity contribution is 6.61. The van der Waals surface area contributed by atoms with Gasteiger partial charge >= 0.3 is 7.12 Å². The summed E-state index contributed by atoms with van der Waals surface area (Å²) in [7, 11) is -0.331. The highest BCUT2D eigenvalue weighted by Crippen LogP contribution is 2.26. The zero-order chi connectivity index (χ0) is 16.4. The maximum absolute atomic E-state index is 9.00. The molecule has 1 atom stereocenters. The standard InChI is InChI=1S/C16H26BN3O3/c1-13-16(2,3)23-17(22-13)14-4-5-15(18-12-14)20-8-6-19(7-9-20)10-11-21/h4-5,12-13,21H,6-11H2,1-3H3. The maximum atomic E-state index is 9.00. The van der Waals surface area contributed by atoms with Crippen molar-refractivity contribution in [1.29, 1.82) is 0 Å². The van der Waals surface area contributed by atoms with Crippen LogP contribution in [0.3, 0.4) is 0 Å². The summed E-state index contributed by atoms with van der Waals surface area (Å²) in [5.41, 5.74) is 0.692.